The Morgan fingerprint density at radius 2 is 2.06 bits per heavy atom. The van der Waals surface area contributed by atoms with E-state index in [1.807, 2.05) is 0 Å². The van der Waals surface area contributed by atoms with Crippen LogP contribution in [0, 0.1) is 5.92 Å². The van der Waals surface area contributed by atoms with Crippen LogP contribution in [0.15, 0.2) is 30.3 Å². The zero-order valence-electron chi connectivity index (χ0n) is 9.51. The molecule has 0 bridgehead atoms. The number of rotatable bonds is 3. The standard InChI is InChI=1S/C14H19NS/c15-14(13-7-4-8-16-13)12-9-11(12)10-5-2-1-3-6-10/h1-3,5-6,11-14H,4,7-9,15H2. The van der Waals surface area contributed by atoms with E-state index in [1.165, 1.54) is 30.6 Å². The highest BCUT2D eigenvalue weighted by Crippen LogP contribution is 2.51. The molecule has 2 heteroatoms. The zero-order valence-corrected chi connectivity index (χ0v) is 10.3. The van der Waals surface area contributed by atoms with Gasteiger partial charge < -0.3 is 5.73 Å². The zero-order chi connectivity index (χ0) is 11.0. The van der Waals surface area contributed by atoms with Crippen LogP contribution in [0.1, 0.15) is 30.7 Å². The van der Waals surface area contributed by atoms with E-state index in [0.29, 0.717) is 6.04 Å². The molecule has 1 saturated carbocycles. The Kier molecular flexibility index (Phi) is 2.95. The molecule has 3 rings (SSSR count). The van der Waals surface area contributed by atoms with Gasteiger partial charge in [0.1, 0.15) is 0 Å². The summed E-state index contributed by atoms with van der Waals surface area (Å²) in [5.74, 6) is 2.82. The summed E-state index contributed by atoms with van der Waals surface area (Å²) in [6.45, 7) is 0. The van der Waals surface area contributed by atoms with E-state index in [4.69, 9.17) is 5.73 Å². The fourth-order valence-electron chi connectivity index (χ4n) is 2.91. The van der Waals surface area contributed by atoms with Crippen LogP contribution in [-0.2, 0) is 0 Å². The average molecular weight is 233 g/mol. The summed E-state index contributed by atoms with van der Waals surface area (Å²) in [7, 11) is 0. The van der Waals surface area contributed by atoms with Crippen molar-refractivity contribution in [2.24, 2.45) is 11.7 Å². The Morgan fingerprint density at radius 1 is 1.25 bits per heavy atom. The molecule has 1 nitrogen and oxygen atoms in total. The van der Waals surface area contributed by atoms with Crippen molar-refractivity contribution in [2.45, 2.75) is 36.5 Å². The Bertz CT molecular complexity index is 345. The molecule has 2 N–H and O–H groups in total. The molecule has 1 heterocycles. The van der Waals surface area contributed by atoms with Crippen LogP contribution >= 0.6 is 11.8 Å². The first-order valence-corrected chi connectivity index (χ1v) is 7.33. The van der Waals surface area contributed by atoms with Crippen LogP contribution in [0.25, 0.3) is 0 Å². The Labute approximate surface area is 102 Å². The number of benzene rings is 1. The van der Waals surface area contributed by atoms with Crippen molar-refractivity contribution in [1.82, 2.24) is 0 Å². The lowest BCUT2D eigenvalue weighted by atomic mass is 10.0. The van der Waals surface area contributed by atoms with Gasteiger partial charge >= 0.3 is 0 Å². The summed E-state index contributed by atoms with van der Waals surface area (Å²) in [5, 5.41) is 0.735. The summed E-state index contributed by atoms with van der Waals surface area (Å²) in [6.07, 6.45) is 4.01. The van der Waals surface area contributed by atoms with Crippen molar-refractivity contribution < 1.29 is 0 Å². The lowest BCUT2D eigenvalue weighted by Gasteiger charge is -2.18. The first-order valence-electron chi connectivity index (χ1n) is 6.28. The monoisotopic (exact) mass is 233 g/mol. The first kappa shape index (κ1) is 10.7. The maximum Gasteiger partial charge on any atom is 0.0202 e. The molecular weight excluding hydrogens is 214 g/mol. The van der Waals surface area contributed by atoms with Crippen molar-refractivity contribution in [2.75, 3.05) is 5.75 Å². The second-order valence-electron chi connectivity index (χ2n) is 5.05. The van der Waals surface area contributed by atoms with Gasteiger partial charge in [0.05, 0.1) is 0 Å². The lowest BCUT2D eigenvalue weighted by molar-refractivity contribution is 0.542. The summed E-state index contributed by atoms with van der Waals surface area (Å²) < 4.78 is 0. The van der Waals surface area contributed by atoms with Gasteiger partial charge in [0.2, 0.25) is 0 Å². The molecular formula is C14H19NS. The molecule has 0 radical (unpaired) electrons. The number of thioether (sulfide) groups is 1. The molecule has 0 aromatic heterocycles. The maximum absolute atomic E-state index is 6.39. The molecule has 1 aliphatic heterocycles. The Balaban J connectivity index is 1.63. The van der Waals surface area contributed by atoms with E-state index in [0.717, 1.165) is 17.1 Å². The normalized spacial score (nSPS) is 34.9. The van der Waals surface area contributed by atoms with Crippen molar-refractivity contribution in [3.8, 4) is 0 Å². The highest BCUT2D eigenvalue weighted by Gasteiger charge is 2.45. The Hall–Kier alpha value is -0.470. The number of hydrogen-bond acceptors (Lipinski definition) is 2. The molecule has 2 fully saturated rings. The molecule has 1 aromatic carbocycles. The van der Waals surface area contributed by atoms with Gasteiger partial charge in [0, 0.05) is 11.3 Å². The molecule has 1 saturated heterocycles. The van der Waals surface area contributed by atoms with Crippen LogP contribution in [0.2, 0.25) is 0 Å². The van der Waals surface area contributed by atoms with Crippen molar-refractivity contribution in [3.63, 3.8) is 0 Å². The highest BCUT2D eigenvalue weighted by atomic mass is 32.2. The SMILES string of the molecule is NC(C1CCCS1)C1CC1c1ccccc1. The molecule has 86 valence electrons. The van der Waals surface area contributed by atoms with Gasteiger partial charge in [-0.25, -0.2) is 0 Å². The van der Waals surface area contributed by atoms with Crippen LogP contribution in [0.4, 0.5) is 0 Å². The van der Waals surface area contributed by atoms with Gasteiger partial charge in [-0.05, 0) is 42.4 Å². The van der Waals surface area contributed by atoms with E-state index < -0.39 is 0 Å². The molecule has 0 amide bonds. The quantitative estimate of drug-likeness (QED) is 0.868. The van der Waals surface area contributed by atoms with Crippen molar-refractivity contribution >= 4 is 11.8 Å². The van der Waals surface area contributed by atoms with Crippen LogP contribution in [0.5, 0.6) is 0 Å². The minimum absolute atomic E-state index is 0.428. The van der Waals surface area contributed by atoms with Crippen molar-refractivity contribution in [3.05, 3.63) is 35.9 Å². The first-order chi connectivity index (χ1) is 7.86. The Morgan fingerprint density at radius 3 is 2.75 bits per heavy atom. The second-order valence-corrected chi connectivity index (χ2v) is 6.39. The topological polar surface area (TPSA) is 26.0 Å². The molecule has 4 unspecified atom stereocenters. The van der Waals surface area contributed by atoms with Gasteiger partial charge in [-0.15, -0.1) is 0 Å². The molecule has 4 atom stereocenters. The van der Waals surface area contributed by atoms with Gasteiger partial charge in [-0.2, -0.15) is 11.8 Å². The molecule has 0 spiro atoms. The van der Waals surface area contributed by atoms with Crippen LogP contribution in [-0.4, -0.2) is 17.0 Å². The minimum atomic E-state index is 0.428. The van der Waals surface area contributed by atoms with Gasteiger partial charge in [0.15, 0.2) is 0 Å². The van der Waals surface area contributed by atoms with Gasteiger partial charge in [0.25, 0.3) is 0 Å². The average Bonchev–Trinajstić information content (AvgIpc) is 2.95. The maximum atomic E-state index is 6.39. The summed E-state index contributed by atoms with van der Waals surface area (Å²) in [6, 6.07) is 11.3. The van der Waals surface area contributed by atoms with E-state index in [2.05, 4.69) is 42.1 Å². The van der Waals surface area contributed by atoms with Crippen LogP contribution < -0.4 is 5.73 Å². The summed E-state index contributed by atoms with van der Waals surface area (Å²) in [4.78, 5) is 0. The minimum Gasteiger partial charge on any atom is -0.326 e. The largest absolute Gasteiger partial charge is 0.326 e. The van der Waals surface area contributed by atoms with Gasteiger partial charge in [-0.1, -0.05) is 30.3 Å². The fraction of sp³-hybridized carbons (Fsp3) is 0.571. The molecule has 1 aromatic rings. The number of nitrogens with two attached hydrogens (primary N) is 1. The predicted molar refractivity (Wildman–Crippen MR) is 70.7 cm³/mol. The summed E-state index contributed by atoms with van der Waals surface area (Å²) >= 11 is 2.09. The third kappa shape index (κ3) is 2.01. The van der Waals surface area contributed by atoms with E-state index in [-0.39, 0.29) is 0 Å². The van der Waals surface area contributed by atoms with Gasteiger partial charge in [-0.3, -0.25) is 0 Å². The van der Waals surface area contributed by atoms with E-state index in [9.17, 15) is 0 Å². The lowest BCUT2D eigenvalue weighted by Crippen LogP contribution is -2.33. The predicted octanol–water partition coefficient (Wildman–Crippen LogP) is 3.01. The van der Waals surface area contributed by atoms with Crippen LogP contribution in [0.3, 0.4) is 0 Å². The molecule has 16 heavy (non-hydrogen) atoms. The molecule has 2 aliphatic rings. The summed E-state index contributed by atoms with van der Waals surface area (Å²) in [5.41, 5.74) is 7.88. The number of hydrogen-bond donors (Lipinski definition) is 1. The fourth-order valence-corrected chi connectivity index (χ4v) is 4.30. The smallest absolute Gasteiger partial charge is 0.0202 e. The molecule has 1 aliphatic carbocycles. The highest BCUT2D eigenvalue weighted by molar-refractivity contribution is 8.00. The van der Waals surface area contributed by atoms with E-state index in [1.54, 1.807) is 0 Å². The second kappa shape index (κ2) is 4.42. The van der Waals surface area contributed by atoms with E-state index >= 15 is 0 Å². The third-order valence-electron chi connectivity index (χ3n) is 3.96. The third-order valence-corrected chi connectivity index (χ3v) is 5.46. The van der Waals surface area contributed by atoms with Crippen molar-refractivity contribution in [1.29, 1.82) is 0 Å².